The lowest BCUT2D eigenvalue weighted by Crippen LogP contribution is -2.43. The lowest BCUT2D eigenvalue weighted by molar-refractivity contribution is -0.149. The van der Waals surface area contributed by atoms with Gasteiger partial charge < -0.3 is 10.1 Å². The molecule has 1 heterocycles. The maximum absolute atomic E-state index is 12.4. The highest BCUT2D eigenvalue weighted by Gasteiger charge is 2.53. The van der Waals surface area contributed by atoms with E-state index in [0.29, 0.717) is 6.54 Å². The van der Waals surface area contributed by atoms with Crippen LogP contribution in [0.2, 0.25) is 0 Å². The van der Waals surface area contributed by atoms with E-state index in [4.69, 9.17) is 4.74 Å². The predicted molar refractivity (Wildman–Crippen MR) is 78.6 cm³/mol. The molecule has 0 aromatic heterocycles. The van der Waals surface area contributed by atoms with Gasteiger partial charge in [0.25, 0.3) is 0 Å². The molecular weight excluding hydrogens is 266 g/mol. The smallest absolute Gasteiger partial charge is 0.307 e. The molecule has 2 aliphatic rings. The molecule has 112 valence electrons. The molecule has 0 bridgehead atoms. The highest BCUT2D eigenvalue weighted by atomic mass is 16.6. The molecule has 1 amide bonds. The van der Waals surface area contributed by atoms with Crippen LogP contribution in [0.3, 0.4) is 0 Å². The van der Waals surface area contributed by atoms with Crippen LogP contribution in [0.4, 0.5) is 0 Å². The van der Waals surface area contributed by atoms with E-state index in [1.54, 1.807) is 0 Å². The molecule has 1 N–H and O–H groups in total. The van der Waals surface area contributed by atoms with Crippen LogP contribution >= 0.6 is 0 Å². The Morgan fingerprint density at radius 1 is 1.24 bits per heavy atom. The molecule has 0 radical (unpaired) electrons. The lowest BCUT2D eigenvalue weighted by Gasteiger charge is -2.27. The number of rotatable bonds is 4. The van der Waals surface area contributed by atoms with E-state index in [1.807, 2.05) is 30.3 Å². The van der Waals surface area contributed by atoms with Gasteiger partial charge in [0.15, 0.2) is 0 Å². The molecule has 1 saturated heterocycles. The summed E-state index contributed by atoms with van der Waals surface area (Å²) in [7, 11) is 0. The quantitative estimate of drug-likeness (QED) is 0.864. The maximum atomic E-state index is 12.4. The average molecular weight is 287 g/mol. The third-order valence-corrected chi connectivity index (χ3v) is 4.65. The monoisotopic (exact) mass is 287 g/mol. The average Bonchev–Trinajstić information content (AvgIpc) is 3.07. The summed E-state index contributed by atoms with van der Waals surface area (Å²) in [5.74, 6) is -0.554. The number of amides is 1. The molecule has 0 unspecified atom stereocenters. The first kappa shape index (κ1) is 14.1. The van der Waals surface area contributed by atoms with Gasteiger partial charge in [0, 0.05) is 6.54 Å². The van der Waals surface area contributed by atoms with Gasteiger partial charge in [0.1, 0.15) is 5.60 Å². The summed E-state index contributed by atoms with van der Waals surface area (Å²) < 4.78 is 5.51. The van der Waals surface area contributed by atoms with Crippen molar-refractivity contribution in [3.05, 3.63) is 35.9 Å². The topological polar surface area (TPSA) is 55.4 Å². The zero-order chi connectivity index (χ0) is 14.7. The first-order valence-corrected chi connectivity index (χ1v) is 7.73. The molecule has 1 aliphatic carbocycles. The van der Waals surface area contributed by atoms with Gasteiger partial charge in [-0.15, -0.1) is 0 Å². The van der Waals surface area contributed by atoms with Crippen LogP contribution < -0.4 is 5.32 Å². The Balaban J connectivity index is 1.56. The van der Waals surface area contributed by atoms with Crippen LogP contribution in [-0.2, 0) is 20.7 Å². The number of carbonyl (C=O) groups excluding carboxylic acids is 2. The third kappa shape index (κ3) is 2.94. The molecular formula is C17H21NO3. The van der Waals surface area contributed by atoms with Gasteiger partial charge in [0.05, 0.1) is 12.3 Å². The number of benzene rings is 1. The Morgan fingerprint density at radius 3 is 2.67 bits per heavy atom. The Labute approximate surface area is 124 Å². The second-order valence-electron chi connectivity index (χ2n) is 6.03. The molecule has 3 rings (SSSR count). The molecule has 1 aromatic carbocycles. The summed E-state index contributed by atoms with van der Waals surface area (Å²) in [4.78, 5) is 24.0. The van der Waals surface area contributed by atoms with Gasteiger partial charge >= 0.3 is 5.97 Å². The minimum atomic E-state index is -0.506. The SMILES string of the molecule is O=C1C[C@@H](C(=O)NCCc2ccccc2)C2(CCCC2)O1. The first-order chi connectivity index (χ1) is 10.2. The molecule has 21 heavy (non-hydrogen) atoms. The Hall–Kier alpha value is -1.84. The van der Waals surface area contributed by atoms with E-state index in [9.17, 15) is 9.59 Å². The molecule has 4 nitrogen and oxygen atoms in total. The number of nitrogens with one attached hydrogen (secondary N) is 1. The van der Waals surface area contributed by atoms with E-state index < -0.39 is 5.60 Å². The van der Waals surface area contributed by atoms with Crippen LogP contribution in [0, 0.1) is 5.92 Å². The van der Waals surface area contributed by atoms with Crippen molar-refractivity contribution >= 4 is 11.9 Å². The van der Waals surface area contributed by atoms with Crippen molar-refractivity contribution in [1.82, 2.24) is 5.32 Å². The van der Waals surface area contributed by atoms with E-state index in [2.05, 4.69) is 5.32 Å². The second-order valence-corrected chi connectivity index (χ2v) is 6.03. The number of hydrogen-bond acceptors (Lipinski definition) is 3. The molecule has 2 fully saturated rings. The number of ether oxygens (including phenoxy) is 1. The molecule has 1 saturated carbocycles. The Morgan fingerprint density at radius 2 is 1.95 bits per heavy atom. The van der Waals surface area contributed by atoms with Gasteiger partial charge in [0.2, 0.25) is 5.91 Å². The molecule has 1 atom stereocenters. The number of carbonyl (C=O) groups is 2. The Bertz CT molecular complexity index is 520. The molecule has 1 aromatic rings. The largest absolute Gasteiger partial charge is 0.458 e. The van der Waals surface area contributed by atoms with Gasteiger partial charge in [-0.3, -0.25) is 9.59 Å². The van der Waals surface area contributed by atoms with Crippen molar-refractivity contribution in [3.8, 4) is 0 Å². The van der Waals surface area contributed by atoms with Crippen LogP contribution in [0.25, 0.3) is 0 Å². The van der Waals surface area contributed by atoms with Crippen molar-refractivity contribution in [2.75, 3.05) is 6.54 Å². The summed E-state index contributed by atoms with van der Waals surface area (Å²) in [5, 5.41) is 2.97. The highest BCUT2D eigenvalue weighted by Crippen LogP contribution is 2.45. The van der Waals surface area contributed by atoms with Crippen molar-refractivity contribution < 1.29 is 14.3 Å². The third-order valence-electron chi connectivity index (χ3n) is 4.65. The fraction of sp³-hybridized carbons (Fsp3) is 0.529. The molecule has 1 aliphatic heterocycles. The van der Waals surface area contributed by atoms with Crippen molar-refractivity contribution in [3.63, 3.8) is 0 Å². The zero-order valence-corrected chi connectivity index (χ0v) is 12.1. The van der Waals surface area contributed by atoms with Crippen molar-refractivity contribution in [2.45, 2.75) is 44.1 Å². The standard InChI is InChI=1S/C17H21NO3/c19-15-12-14(17(21-15)9-4-5-10-17)16(20)18-11-8-13-6-2-1-3-7-13/h1-3,6-7,14H,4-5,8-12H2,(H,18,20)/t14-/m0/s1. The van der Waals surface area contributed by atoms with E-state index in [1.165, 1.54) is 5.56 Å². The summed E-state index contributed by atoms with van der Waals surface area (Å²) in [6.45, 7) is 0.601. The predicted octanol–water partition coefficient (Wildman–Crippen LogP) is 2.22. The van der Waals surface area contributed by atoms with E-state index >= 15 is 0 Å². The summed E-state index contributed by atoms with van der Waals surface area (Å²) in [6.07, 6.45) is 4.78. The minimum Gasteiger partial charge on any atom is -0.458 e. The Kier molecular flexibility index (Phi) is 3.95. The fourth-order valence-electron chi connectivity index (χ4n) is 3.55. The minimum absolute atomic E-state index is 0.0290. The van der Waals surface area contributed by atoms with Crippen molar-refractivity contribution in [1.29, 1.82) is 0 Å². The van der Waals surface area contributed by atoms with Crippen LogP contribution in [0.1, 0.15) is 37.7 Å². The van der Waals surface area contributed by atoms with Crippen LogP contribution in [-0.4, -0.2) is 24.0 Å². The molecule has 4 heteroatoms. The van der Waals surface area contributed by atoms with Gasteiger partial charge in [-0.1, -0.05) is 30.3 Å². The summed E-state index contributed by atoms with van der Waals surface area (Å²) >= 11 is 0. The second kappa shape index (κ2) is 5.88. The number of hydrogen-bond donors (Lipinski definition) is 1. The highest BCUT2D eigenvalue weighted by molar-refractivity contribution is 5.87. The summed E-state index contributed by atoms with van der Waals surface area (Å²) in [6, 6.07) is 10.1. The first-order valence-electron chi connectivity index (χ1n) is 7.73. The lowest BCUT2D eigenvalue weighted by atomic mass is 9.85. The zero-order valence-electron chi connectivity index (χ0n) is 12.1. The van der Waals surface area contributed by atoms with Gasteiger partial charge in [-0.2, -0.15) is 0 Å². The maximum Gasteiger partial charge on any atom is 0.307 e. The van der Waals surface area contributed by atoms with Crippen LogP contribution in [0.15, 0.2) is 30.3 Å². The van der Waals surface area contributed by atoms with Gasteiger partial charge in [-0.05, 0) is 37.7 Å². The van der Waals surface area contributed by atoms with Gasteiger partial charge in [-0.25, -0.2) is 0 Å². The summed E-state index contributed by atoms with van der Waals surface area (Å²) in [5.41, 5.74) is 0.695. The van der Waals surface area contributed by atoms with Crippen molar-refractivity contribution in [2.24, 2.45) is 5.92 Å². The normalized spacial score (nSPS) is 23.2. The molecule has 1 spiro atoms. The van der Waals surface area contributed by atoms with Crippen LogP contribution in [0.5, 0.6) is 0 Å². The fourth-order valence-corrected chi connectivity index (χ4v) is 3.55. The van der Waals surface area contributed by atoms with E-state index in [-0.39, 0.29) is 24.2 Å². The number of esters is 1. The van der Waals surface area contributed by atoms with E-state index in [0.717, 1.165) is 32.1 Å².